The highest BCUT2D eigenvalue weighted by Crippen LogP contribution is 2.24. The maximum absolute atomic E-state index is 11.9. The monoisotopic (exact) mass is 340 g/mol. The summed E-state index contributed by atoms with van der Waals surface area (Å²) in [5.41, 5.74) is 0. The molecule has 1 heterocycles. The predicted octanol–water partition coefficient (Wildman–Crippen LogP) is 1.85. The van der Waals surface area contributed by atoms with E-state index in [4.69, 9.17) is 9.47 Å². The maximum atomic E-state index is 11.9. The van der Waals surface area contributed by atoms with Gasteiger partial charge < -0.3 is 19.7 Å². The van der Waals surface area contributed by atoms with E-state index < -0.39 is 5.97 Å². The highest BCUT2D eigenvalue weighted by Gasteiger charge is 2.27. The molecule has 0 aromatic heterocycles. The number of esters is 1. The largest absolute Gasteiger partial charge is 0.461 e. The van der Waals surface area contributed by atoms with E-state index in [2.05, 4.69) is 5.32 Å². The van der Waals surface area contributed by atoms with Crippen LogP contribution in [0.25, 0.3) is 0 Å². The van der Waals surface area contributed by atoms with E-state index in [1.165, 1.54) is 0 Å². The molecule has 2 amide bonds. The molecule has 0 aromatic carbocycles. The predicted molar refractivity (Wildman–Crippen MR) is 87.3 cm³/mol. The number of piperidine rings is 1. The van der Waals surface area contributed by atoms with Crippen molar-refractivity contribution in [2.75, 3.05) is 19.6 Å². The van der Waals surface area contributed by atoms with Crippen molar-refractivity contribution in [2.45, 2.75) is 64.6 Å². The number of nitrogens with one attached hydrogen (secondary N) is 1. The SMILES string of the molecule is CC(C)OC(=O)N1CCC(OC(=O)CNC(=O)C2CCCC2)CC1. The van der Waals surface area contributed by atoms with Crippen LogP contribution in [0.15, 0.2) is 0 Å². The van der Waals surface area contributed by atoms with Gasteiger partial charge in [-0.25, -0.2) is 4.79 Å². The molecule has 0 atom stereocenters. The molecule has 7 heteroatoms. The highest BCUT2D eigenvalue weighted by molar-refractivity contribution is 5.83. The number of nitrogens with zero attached hydrogens (tertiary/aromatic N) is 1. The lowest BCUT2D eigenvalue weighted by Gasteiger charge is -2.31. The van der Waals surface area contributed by atoms with Crippen LogP contribution in [0.3, 0.4) is 0 Å². The summed E-state index contributed by atoms with van der Waals surface area (Å²) in [7, 11) is 0. The number of ether oxygens (including phenoxy) is 2. The minimum Gasteiger partial charge on any atom is -0.461 e. The number of rotatable bonds is 5. The lowest BCUT2D eigenvalue weighted by atomic mass is 10.1. The zero-order chi connectivity index (χ0) is 17.5. The van der Waals surface area contributed by atoms with E-state index in [9.17, 15) is 14.4 Å². The Morgan fingerprint density at radius 1 is 1.08 bits per heavy atom. The third kappa shape index (κ3) is 5.69. The van der Waals surface area contributed by atoms with Crippen molar-refractivity contribution in [1.82, 2.24) is 10.2 Å². The van der Waals surface area contributed by atoms with Gasteiger partial charge in [0.15, 0.2) is 0 Å². The number of likely N-dealkylation sites (tertiary alicyclic amines) is 1. The van der Waals surface area contributed by atoms with Gasteiger partial charge in [-0.3, -0.25) is 9.59 Å². The fourth-order valence-corrected chi connectivity index (χ4v) is 3.15. The number of carbonyl (C=O) groups is 3. The minimum absolute atomic E-state index is 0.0456. The Balaban J connectivity index is 1.63. The van der Waals surface area contributed by atoms with Gasteiger partial charge in [-0.05, 0) is 26.7 Å². The number of amides is 2. The molecule has 0 bridgehead atoms. The third-order valence-corrected chi connectivity index (χ3v) is 4.47. The number of hydrogen-bond acceptors (Lipinski definition) is 5. The van der Waals surface area contributed by atoms with Crippen molar-refractivity contribution in [3.63, 3.8) is 0 Å². The lowest BCUT2D eigenvalue weighted by Crippen LogP contribution is -2.43. The Hall–Kier alpha value is -1.79. The molecule has 1 saturated carbocycles. The Bertz CT molecular complexity index is 452. The smallest absolute Gasteiger partial charge is 0.410 e. The number of hydrogen-bond donors (Lipinski definition) is 1. The first-order chi connectivity index (χ1) is 11.5. The van der Waals surface area contributed by atoms with Crippen molar-refractivity contribution in [2.24, 2.45) is 5.92 Å². The van der Waals surface area contributed by atoms with E-state index in [0.29, 0.717) is 25.9 Å². The van der Waals surface area contributed by atoms with Crippen molar-refractivity contribution in [3.05, 3.63) is 0 Å². The number of carbonyl (C=O) groups excluding carboxylic acids is 3. The van der Waals surface area contributed by atoms with Crippen LogP contribution in [0, 0.1) is 5.92 Å². The van der Waals surface area contributed by atoms with Gasteiger partial charge in [0.25, 0.3) is 0 Å². The molecule has 0 spiro atoms. The molecule has 2 aliphatic rings. The summed E-state index contributed by atoms with van der Waals surface area (Å²) in [5, 5.41) is 2.66. The first kappa shape index (κ1) is 18.5. The fourth-order valence-electron chi connectivity index (χ4n) is 3.15. The summed E-state index contributed by atoms with van der Waals surface area (Å²) in [5.74, 6) is -0.409. The second-order valence-electron chi connectivity index (χ2n) is 6.81. The standard InChI is InChI=1S/C17H28N2O5/c1-12(2)23-17(22)19-9-7-14(8-10-19)24-15(20)11-18-16(21)13-5-3-4-6-13/h12-14H,3-11H2,1-2H3,(H,18,21). The molecule has 7 nitrogen and oxygen atoms in total. The average Bonchev–Trinajstić information content (AvgIpc) is 3.07. The molecule has 2 fully saturated rings. The molecule has 0 radical (unpaired) electrons. The van der Waals surface area contributed by atoms with Crippen LogP contribution in [-0.4, -0.2) is 54.7 Å². The van der Waals surface area contributed by atoms with Crippen LogP contribution in [0.5, 0.6) is 0 Å². The van der Waals surface area contributed by atoms with Gasteiger partial charge in [-0.2, -0.15) is 0 Å². The molecule has 0 unspecified atom stereocenters. The summed E-state index contributed by atoms with van der Waals surface area (Å²) >= 11 is 0. The van der Waals surface area contributed by atoms with E-state index >= 15 is 0 Å². The van der Waals surface area contributed by atoms with Gasteiger partial charge in [0.1, 0.15) is 12.6 Å². The lowest BCUT2D eigenvalue weighted by molar-refractivity contribution is -0.151. The van der Waals surface area contributed by atoms with Crippen LogP contribution in [0.2, 0.25) is 0 Å². The summed E-state index contributed by atoms with van der Waals surface area (Å²) in [6.45, 7) is 4.57. The van der Waals surface area contributed by atoms with Crippen LogP contribution < -0.4 is 5.32 Å². The van der Waals surface area contributed by atoms with Gasteiger partial charge in [0.05, 0.1) is 6.10 Å². The second-order valence-corrected chi connectivity index (χ2v) is 6.81. The maximum Gasteiger partial charge on any atom is 0.410 e. The second kappa shape index (κ2) is 8.89. The molecule has 0 aromatic rings. The molecule has 1 aliphatic heterocycles. The van der Waals surface area contributed by atoms with Crippen molar-refractivity contribution >= 4 is 18.0 Å². The minimum atomic E-state index is -0.412. The van der Waals surface area contributed by atoms with Gasteiger partial charge in [0, 0.05) is 31.8 Å². The quantitative estimate of drug-likeness (QED) is 0.772. The average molecular weight is 340 g/mol. The molecule has 24 heavy (non-hydrogen) atoms. The topological polar surface area (TPSA) is 84.9 Å². The normalized spacial score (nSPS) is 19.4. The van der Waals surface area contributed by atoms with Crippen LogP contribution in [0.4, 0.5) is 4.79 Å². The Morgan fingerprint density at radius 2 is 1.71 bits per heavy atom. The van der Waals surface area contributed by atoms with E-state index in [-0.39, 0.29) is 36.7 Å². The van der Waals surface area contributed by atoms with E-state index in [1.807, 2.05) is 13.8 Å². The first-order valence-corrected chi connectivity index (χ1v) is 8.88. The van der Waals surface area contributed by atoms with Gasteiger partial charge in [0.2, 0.25) is 5.91 Å². The Labute approximate surface area is 143 Å². The molecular weight excluding hydrogens is 312 g/mol. The van der Waals surface area contributed by atoms with E-state index in [0.717, 1.165) is 25.7 Å². The Kier molecular flexibility index (Phi) is 6.87. The molecule has 1 aliphatic carbocycles. The fraction of sp³-hybridized carbons (Fsp3) is 0.824. The highest BCUT2D eigenvalue weighted by atomic mass is 16.6. The van der Waals surface area contributed by atoms with Gasteiger partial charge in [-0.15, -0.1) is 0 Å². The summed E-state index contributed by atoms with van der Waals surface area (Å²) in [6.07, 6.45) is 4.50. The molecule has 1 N–H and O–H groups in total. The van der Waals surface area contributed by atoms with Crippen molar-refractivity contribution in [1.29, 1.82) is 0 Å². The molecule has 2 rings (SSSR count). The first-order valence-electron chi connectivity index (χ1n) is 8.88. The molecular formula is C17H28N2O5. The Morgan fingerprint density at radius 3 is 2.29 bits per heavy atom. The van der Waals surface area contributed by atoms with Crippen molar-refractivity contribution < 1.29 is 23.9 Å². The van der Waals surface area contributed by atoms with Crippen molar-refractivity contribution in [3.8, 4) is 0 Å². The summed E-state index contributed by atoms with van der Waals surface area (Å²) in [4.78, 5) is 37.1. The zero-order valence-corrected chi connectivity index (χ0v) is 14.6. The van der Waals surface area contributed by atoms with Crippen LogP contribution >= 0.6 is 0 Å². The van der Waals surface area contributed by atoms with Crippen LogP contribution in [0.1, 0.15) is 52.4 Å². The molecule has 1 saturated heterocycles. The third-order valence-electron chi connectivity index (χ3n) is 4.47. The van der Waals surface area contributed by atoms with Gasteiger partial charge in [-0.1, -0.05) is 12.8 Å². The molecule has 136 valence electrons. The van der Waals surface area contributed by atoms with Crippen LogP contribution in [-0.2, 0) is 19.1 Å². The van der Waals surface area contributed by atoms with E-state index in [1.54, 1.807) is 4.90 Å². The summed E-state index contributed by atoms with van der Waals surface area (Å²) < 4.78 is 10.5. The summed E-state index contributed by atoms with van der Waals surface area (Å²) in [6, 6.07) is 0. The van der Waals surface area contributed by atoms with Gasteiger partial charge >= 0.3 is 12.1 Å². The zero-order valence-electron chi connectivity index (χ0n) is 14.6.